The number of thioether (sulfide) groups is 1. The van der Waals surface area contributed by atoms with Crippen molar-refractivity contribution in [2.24, 2.45) is 65.1 Å². The highest BCUT2D eigenvalue weighted by molar-refractivity contribution is 8.00. The van der Waals surface area contributed by atoms with E-state index in [-0.39, 0.29) is 0 Å². The zero-order valence-electron chi connectivity index (χ0n) is 34.7. The lowest BCUT2D eigenvalue weighted by atomic mass is 9.61. The average molecular weight is 758 g/mol. The fourth-order valence-corrected chi connectivity index (χ4v) is 20.1. The van der Waals surface area contributed by atoms with Gasteiger partial charge in [0.2, 0.25) is 0 Å². The smallest absolute Gasteiger partial charge is 0.0605 e. The number of hydrogen-bond acceptors (Lipinski definition) is 4. The summed E-state index contributed by atoms with van der Waals surface area (Å²) in [6.07, 6.45) is 48.3. The van der Waals surface area contributed by atoms with E-state index in [4.69, 9.17) is 0 Å². The lowest BCUT2D eigenvalue weighted by molar-refractivity contribution is 0.0161. The summed E-state index contributed by atoms with van der Waals surface area (Å²) in [4.78, 5) is 3.32. The summed E-state index contributed by atoms with van der Waals surface area (Å²) in [6, 6.07) is 4.40. The first kappa shape index (κ1) is 37.2. The minimum absolute atomic E-state index is 0.595. The third kappa shape index (κ3) is 7.07. The van der Waals surface area contributed by atoms with Crippen LogP contribution in [0.1, 0.15) is 199 Å². The molecule has 11 fully saturated rings. The number of nitrogens with one attached hydrogen (secondary N) is 2. The molecule has 0 bridgehead atoms. The van der Waals surface area contributed by atoms with Gasteiger partial charge < -0.3 is 0 Å². The molecule has 0 spiro atoms. The van der Waals surface area contributed by atoms with Gasteiger partial charge in [-0.2, -0.15) is 11.8 Å². The van der Waals surface area contributed by atoms with Gasteiger partial charge in [-0.15, -0.1) is 0 Å². The molecule has 3 nitrogen and oxygen atoms in total. The van der Waals surface area contributed by atoms with E-state index in [0.29, 0.717) is 6.17 Å². The van der Waals surface area contributed by atoms with Gasteiger partial charge in [0.05, 0.1) is 6.17 Å². The molecule has 2 N–H and O–H groups in total. The maximum absolute atomic E-state index is 4.42. The van der Waals surface area contributed by atoms with E-state index in [1.54, 1.807) is 89.9 Å². The van der Waals surface area contributed by atoms with Gasteiger partial charge in [0.25, 0.3) is 0 Å². The van der Waals surface area contributed by atoms with Gasteiger partial charge in [-0.3, -0.25) is 15.5 Å². The van der Waals surface area contributed by atoms with Gasteiger partial charge in [-0.1, -0.05) is 57.8 Å². The van der Waals surface area contributed by atoms with Crippen molar-refractivity contribution in [3.8, 4) is 0 Å². The van der Waals surface area contributed by atoms with Gasteiger partial charge in [-0.25, -0.2) is 0 Å². The van der Waals surface area contributed by atoms with Crippen LogP contribution in [-0.2, 0) is 0 Å². The molecule has 11 rings (SSSR count). The van der Waals surface area contributed by atoms with E-state index in [1.165, 1.54) is 109 Å². The molecule has 8 aliphatic carbocycles. The first-order valence-corrected chi connectivity index (χ1v) is 26.6. The van der Waals surface area contributed by atoms with Crippen molar-refractivity contribution in [1.29, 1.82) is 0 Å². The normalized spacial score (nSPS) is 53.1. The van der Waals surface area contributed by atoms with Crippen LogP contribution in [0.15, 0.2) is 0 Å². The standard InChI is InChI=1S/C50H83N3S/c1-2-10-34(11-3-1)49-41-14-4-7-15-44(41)51-50(52-49)35-22-26-38(27-23-35)53-45-16-8-5-12-39(45)42-30-36(24-28-46(42)53)32-18-20-33(21-19-32)37-25-29-48-43(31-37)40-13-6-9-17-47(40)54-48/h32-52H,1-31H2. The lowest BCUT2D eigenvalue weighted by Gasteiger charge is -2.52. The number of likely N-dealkylation sites (tertiary alicyclic amines) is 1. The second-order valence-corrected chi connectivity index (χ2v) is 24.2. The number of fused-ring (bicyclic) bond motifs is 7. The minimum atomic E-state index is 0.595. The van der Waals surface area contributed by atoms with Crippen LogP contribution in [0.5, 0.6) is 0 Å². The van der Waals surface area contributed by atoms with Gasteiger partial charge >= 0.3 is 0 Å². The molecular formula is C50H83N3S. The zero-order valence-corrected chi connectivity index (χ0v) is 35.6. The Morgan fingerprint density at radius 3 is 1.72 bits per heavy atom. The molecule has 11 aliphatic rings. The highest BCUT2D eigenvalue weighted by Gasteiger charge is 2.55. The average Bonchev–Trinajstić information content (AvgIpc) is 3.79. The van der Waals surface area contributed by atoms with Crippen LogP contribution in [0.25, 0.3) is 0 Å². The van der Waals surface area contributed by atoms with Crippen molar-refractivity contribution < 1.29 is 0 Å². The largest absolute Gasteiger partial charge is 0.299 e. The van der Waals surface area contributed by atoms with E-state index >= 15 is 0 Å². The first-order valence-electron chi connectivity index (χ1n) is 25.7. The number of rotatable bonds is 5. The Balaban J connectivity index is 0.699. The molecule has 14 unspecified atom stereocenters. The van der Waals surface area contributed by atoms with Gasteiger partial charge in [0.15, 0.2) is 0 Å². The fourth-order valence-electron chi connectivity index (χ4n) is 18.0. The monoisotopic (exact) mass is 758 g/mol. The molecule has 0 aromatic carbocycles. The van der Waals surface area contributed by atoms with Crippen molar-refractivity contribution in [2.75, 3.05) is 0 Å². The second kappa shape index (κ2) is 16.4. The summed E-state index contributed by atoms with van der Waals surface area (Å²) in [6.45, 7) is 0. The summed E-state index contributed by atoms with van der Waals surface area (Å²) in [5, 5.41) is 10.9. The molecule has 3 saturated heterocycles. The Labute approximate surface area is 337 Å². The molecule has 3 aliphatic heterocycles. The number of hydrogen-bond donors (Lipinski definition) is 2. The van der Waals surface area contributed by atoms with Crippen LogP contribution in [-0.4, -0.2) is 51.8 Å². The van der Waals surface area contributed by atoms with Crippen molar-refractivity contribution in [2.45, 2.75) is 246 Å². The maximum atomic E-state index is 4.42. The molecule has 14 atom stereocenters. The van der Waals surface area contributed by atoms with Crippen molar-refractivity contribution >= 4 is 11.8 Å². The molecule has 3 heterocycles. The third-order valence-corrected chi connectivity index (χ3v) is 22.4. The molecular weight excluding hydrogens is 675 g/mol. The molecule has 0 radical (unpaired) electrons. The first-order chi connectivity index (χ1) is 26.7. The molecule has 0 aromatic rings. The van der Waals surface area contributed by atoms with Crippen LogP contribution < -0.4 is 10.6 Å². The van der Waals surface area contributed by atoms with E-state index in [9.17, 15) is 0 Å². The predicted octanol–water partition coefficient (Wildman–Crippen LogP) is 12.1. The molecule has 0 amide bonds. The van der Waals surface area contributed by atoms with E-state index < -0.39 is 0 Å². The fraction of sp³-hybridized carbons (Fsp3) is 1.00. The van der Waals surface area contributed by atoms with Gasteiger partial charge in [-0.05, 0) is 206 Å². The van der Waals surface area contributed by atoms with Crippen LogP contribution in [0, 0.1) is 65.1 Å². The molecule has 4 heteroatoms. The van der Waals surface area contributed by atoms with Gasteiger partial charge in [0.1, 0.15) is 0 Å². The SMILES string of the molecule is C1CCC(C2NC(C3CCC(N4C5CCCCC5C5CC(C6CCC(C7CCC8SC9CCCCC9C8C7)CC6)CCC54)CC3)NC3CCCCC32)CC1. The van der Waals surface area contributed by atoms with Crippen LogP contribution >= 0.6 is 11.8 Å². The van der Waals surface area contributed by atoms with Crippen LogP contribution in [0.4, 0.5) is 0 Å². The minimum Gasteiger partial charge on any atom is -0.299 e. The summed E-state index contributed by atoms with van der Waals surface area (Å²) in [7, 11) is 0. The Bertz CT molecular complexity index is 1230. The predicted molar refractivity (Wildman–Crippen MR) is 228 cm³/mol. The van der Waals surface area contributed by atoms with Crippen LogP contribution in [0.3, 0.4) is 0 Å². The Morgan fingerprint density at radius 1 is 0.352 bits per heavy atom. The molecule has 304 valence electrons. The Morgan fingerprint density at radius 2 is 0.926 bits per heavy atom. The van der Waals surface area contributed by atoms with Crippen molar-refractivity contribution in [3.63, 3.8) is 0 Å². The topological polar surface area (TPSA) is 27.3 Å². The lowest BCUT2D eigenvalue weighted by Crippen LogP contribution is -2.68. The van der Waals surface area contributed by atoms with E-state index in [2.05, 4.69) is 27.3 Å². The third-order valence-electron chi connectivity index (χ3n) is 20.5. The van der Waals surface area contributed by atoms with Gasteiger partial charge in [0, 0.05) is 40.7 Å². The maximum Gasteiger partial charge on any atom is 0.0605 e. The summed E-state index contributed by atoms with van der Waals surface area (Å²) >= 11 is 2.48. The zero-order chi connectivity index (χ0) is 35.6. The number of nitrogens with zero attached hydrogens (tertiary/aromatic N) is 1. The summed E-state index contributed by atoms with van der Waals surface area (Å²) in [5.41, 5.74) is 0. The Hall–Kier alpha value is 0.230. The second-order valence-electron chi connectivity index (χ2n) is 22.7. The Kier molecular flexibility index (Phi) is 11.3. The summed E-state index contributed by atoms with van der Waals surface area (Å²) < 4.78 is 0. The van der Waals surface area contributed by atoms with Crippen molar-refractivity contribution in [1.82, 2.24) is 15.5 Å². The highest BCUT2D eigenvalue weighted by atomic mass is 32.2. The van der Waals surface area contributed by atoms with Crippen LogP contribution in [0.2, 0.25) is 0 Å². The van der Waals surface area contributed by atoms with Crippen molar-refractivity contribution in [3.05, 3.63) is 0 Å². The van der Waals surface area contributed by atoms with E-state index in [1.807, 2.05) is 0 Å². The quantitative estimate of drug-likeness (QED) is 0.292. The highest BCUT2D eigenvalue weighted by Crippen LogP contribution is 2.59. The molecule has 8 saturated carbocycles. The molecule has 0 aromatic heterocycles. The molecule has 54 heavy (non-hydrogen) atoms. The van der Waals surface area contributed by atoms with E-state index in [0.717, 1.165) is 106 Å². The summed E-state index contributed by atoms with van der Waals surface area (Å²) in [5.74, 6) is 11.4.